The maximum absolute atomic E-state index is 8.42. The van der Waals surface area contributed by atoms with Crippen LogP contribution in [0.4, 0.5) is 0 Å². The van der Waals surface area contributed by atoms with Gasteiger partial charge in [0.05, 0.1) is 0 Å². The number of nitrogens with one attached hydrogen (secondary N) is 10. The van der Waals surface area contributed by atoms with Crippen LogP contribution in [0.5, 0.6) is 0 Å². The van der Waals surface area contributed by atoms with Crippen molar-refractivity contribution in [3.05, 3.63) is 0 Å². The van der Waals surface area contributed by atoms with Gasteiger partial charge in [-0.15, -0.1) is 0 Å². The normalized spacial score (nSPS) is 31.9. The van der Waals surface area contributed by atoms with Crippen LogP contribution in [0.3, 0.4) is 0 Å². The zero-order valence-corrected chi connectivity index (χ0v) is 67.3. The third-order valence-corrected chi connectivity index (χ3v) is 63.2. The van der Waals surface area contributed by atoms with E-state index in [1.165, 1.54) is 0 Å². The van der Waals surface area contributed by atoms with Crippen LogP contribution in [0, 0.1) is 0 Å². The Morgan fingerprint density at radius 1 is 0.137 bits per heavy atom. The minimum atomic E-state index is -4.66. The lowest BCUT2D eigenvalue weighted by Gasteiger charge is -2.63. The second kappa shape index (κ2) is 45.2. The van der Waals surface area contributed by atoms with Crippen molar-refractivity contribution >= 4 is 88.0 Å². The standard InChI is InChI=1S/C50H130N20O15Si10/c51-11-31-61-21-1-41-86-71-89(44-4-24-64-34-14-54)72-87(42-2-22-62-32-12-52)76-90(74-86,45-5-25-65-35-15-55)80-93(48-8-28-68-38-18-58)83-94(49-9-29-69-39-19-59)81-91(75-86,46-6-26-66-36-16-56)77-88(73-89,43-3-23-63-33-13-53)79-92(78-87,47-7-27-67-37-17-57)82-95(84-93,85-94)50-10-30-70-40-20-60/h61-70H,1-60H2. The minimum absolute atomic E-state index is 0.221. The SMILES string of the molecule is NCCNCCC[Si]12O[Si]3(CCCNCCN)O[Si](CCCNCCN)(O1)O[Si]1(CCCNCCN)O[Si]4(CCCNCCN)O[Si]5(CCCNCCN)O[Si](CCCNCCN)(O[Si](CCCNCCN)(O2)O4)O[Si](CCCNCCN)(O3)O[Si](CCCNCCN)(O5)O1. The van der Waals surface area contributed by atoms with E-state index in [4.69, 9.17) is 119 Å². The Hall–Kier alpha value is 0.769. The summed E-state index contributed by atoms with van der Waals surface area (Å²) < 4.78 is 125. The predicted octanol–water partition coefficient (Wildman–Crippen LogP) is -5.91. The first-order valence-corrected chi connectivity index (χ1v) is 55.1. The molecule has 7 heterocycles. The molecule has 560 valence electrons. The van der Waals surface area contributed by atoms with Crippen molar-refractivity contribution in [3.63, 3.8) is 0 Å². The molecule has 30 N–H and O–H groups in total. The second-order valence-corrected chi connectivity index (χ2v) is 55.7. The minimum Gasteiger partial charge on any atom is -0.373 e. The van der Waals surface area contributed by atoms with Crippen LogP contribution in [0.15, 0.2) is 0 Å². The first-order chi connectivity index (χ1) is 46.2. The monoisotopic (exact) mass is 1530 g/mol. The van der Waals surface area contributed by atoms with Gasteiger partial charge in [0, 0.05) is 191 Å². The molecule has 0 atom stereocenters. The smallest absolute Gasteiger partial charge is 0.373 e. The first kappa shape index (κ1) is 84.7. The molecule has 35 nitrogen and oxygen atoms in total. The van der Waals surface area contributed by atoms with Crippen molar-refractivity contribution in [2.45, 2.75) is 125 Å². The predicted molar refractivity (Wildman–Crippen MR) is 387 cm³/mol. The summed E-state index contributed by atoms with van der Waals surface area (Å²) in [5.74, 6) is 0. The van der Waals surface area contributed by atoms with Crippen molar-refractivity contribution in [1.29, 1.82) is 0 Å². The lowest BCUT2D eigenvalue weighted by Crippen LogP contribution is -2.88. The molecule has 7 rings (SSSR count). The quantitative estimate of drug-likeness (QED) is 0.0199. The molecule has 0 aliphatic carbocycles. The highest BCUT2D eigenvalue weighted by Gasteiger charge is 2.83. The zero-order chi connectivity index (χ0) is 68.0. The summed E-state index contributed by atoms with van der Waals surface area (Å²) in [6.45, 7) is 15.6. The van der Waals surface area contributed by atoms with Crippen LogP contribution in [0.25, 0.3) is 0 Å². The molecule has 0 amide bonds. The Bertz CT molecular complexity index is 1830. The third-order valence-electron chi connectivity index (χ3n) is 16.2. The van der Waals surface area contributed by atoms with Crippen molar-refractivity contribution in [2.24, 2.45) is 57.3 Å². The van der Waals surface area contributed by atoms with E-state index in [0.29, 0.717) is 261 Å². The highest BCUT2D eigenvalue weighted by Crippen LogP contribution is 2.55. The van der Waals surface area contributed by atoms with E-state index in [1.807, 2.05) is 0 Å². The fourth-order valence-corrected chi connectivity index (χ4v) is 75.3. The van der Waals surface area contributed by atoms with E-state index < -0.39 is 88.0 Å². The van der Waals surface area contributed by atoms with E-state index in [1.54, 1.807) is 0 Å². The topological polar surface area (TPSA) is 519 Å². The van der Waals surface area contributed by atoms with Crippen LogP contribution < -0.4 is 111 Å². The maximum atomic E-state index is 8.42. The fourth-order valence-electron chi connectivity index (χ4n) is 12.3. The largest absolute Gasteiger partial charge is 0.478 e. The van der Waals surface area contributed by atoms with E-state index in [9.17, 15) is 0 Å². The number of hydrogen-bond donors (Lipinski definition) is 20. The highest BCUT2D eigenvalue weighted by molar-refractivity contribution is 7.04. The highest BCUT2D eigenvalue weighted by atomic mass is 28.6. The summed E-state index contributed by atoms with van der Waals surface area (Å²) in [6.07, 6.45) is 5.09. The van der Waals surface area contributed by atoms with Gasteiger partial charge in [0.25, 0.3) is 0 Å². The van der Waals surface area contributed by atoms with E-state index in [2.05, 4.69) is 53.2 Å². The average Bonchev–Trinajstić information content (AvgIpc) is 0.689. The first-order valence-electron chi connectivity index (χ1n) is 35.8. The number of rotatable bonds is 60. The van der Waals surface area contributed by atoms with Crippen molar-refractivity contribution < 1.29 is 61.7 Å². The van der Waals surface area contributed by atoms with Crippen LogP contribution in [-0.4, -0.2) is 284 Å². The number of nitrogens with two attached hydrogens (primary N) is 10. The van der Waals surface area contributed by atoms with Gasteiger partial charge < -0.3 is 172 Å². The van der Waals surface area contributed by atoms with Gasteiger partial charge in [-0.1, -0.05) is 0 Å². The molecule has 7 fully saturated rings. The molecule has 0 radical (unpaired) electrons. The molecular weight excluding hydrogens is 1400 g/mol. The summed E-state index contributed by atoms with van der Waals surface area (Å²) >= 11 is 0. The van der Waals surface area contributed by atoms with Crippen molar-refractivity contribution in [3.8, 4) is 0 Å². The summed E-state index contributed by atoms with van der Waals surface area (Å²) in [7, 11) is -45.6. The average molecular weight is 1530 g/mol. The molecule has 0 spiro atoms. The number of hydrogen-bond acceptors (Lipinski definition) is 35. The van der Waals surface area contributed by atoms with Gasteiger partial charge in [-0.2, -0.15) is 0 Å². The molecule has 10 bridgehead atoms. The molecule has 95 heavy (non-hydrogen) atoms. The molecule has 0 aromatic heterocycles. The van der Waals surface area contributed by atoms with Crippen molar-refractivity contribution in [2.75, 3.05) is 196 Å². The summed E-state index contributed by atoms with van der Waals surface area (Å²) in [5.41, 5.74) is 61.4. The molecule has 0 aromatic carbocycles. The van der Waals surface area contributed by atoms with Gasteiger partial charge in [0.1, 0.15) is 0 Å². The van der Waals surface area contributed by atoms with Gasteiger partial charge >= 0.3 is 88.0 Å². The van der Waals surface area contributed by atoms with Crippen molar-refractivity contribution in [1.82, 2.24) is 53.2 Å². The van der Waals surface area contributed by atoms with Crippen LogP contribution >= 0.6 is 0 Å². The molecule has 7 aliphatic heterocycles. The van der Waals surface area contributed by atoms with Gasteiger partial charge in [0.15, 0.2) is 0 Å². The Kier molecular flexibility index (Phi) is 40.3. The van der Waals surface area contributed by atoms with Crippen LogP contribution in [-0.2, 0) is 61.7 Å². The molecule has 7 saturated heterocycles. The Balaban J connectivity index is 1.86. The van der Waals surface area contributed by atoms with Crippen LogP contribution in [0.2, 0.25) is 60.4 Å². The maximum Gasteiger partial charge on any atom is 0.478 e. The lowest BCUT2D eigenvalue weighted by atomic mass is 10.5. The molecule has 0 saturated carbocycles. The molecule has 0 aromatic rings. The Morgan fingerprint density at radius 2 is 0.221 bits per heavy atom. The van der Waals surface area contributed by atoms with E-state index in [-0.39, 0.29) is 60.4 Å². The zero-order valence-electron chi connectivity index (χ0n) is 57.3. The molecule has 0 unspecified atom stereocenters. The van der Waals surface area contributed by atoms with Gasteiger partial charge in [0.2, 0.25) is 0 Å². The molecular formula is C50H130N20O15Si10. The second-order valence-electron chi connectivity index (χ2n) is 24.8. The van der Waals surface area contributed by atoms with Crippen LogP contribution in [0.1, 0.15) is 64.2 Å². The van der Waals surface area contributed by atoms with Gasteiger partial charge in [-0.3, -0.25) is 0 Å². The summed E-state index contributed by atoms with van der Waals surface area (Å²) in [5, 5.41) is 35.5. The summed E-state index contributed by atoms with van der Waals surface area (Å²) in [6, 6.07) is 2.45. The van der Waals surface area contributed by atoms with Gasteiger partial charge in [-0.25, -0.2) is 0 Å². The molecule has 7 aliphatic rings. The Labute approximate surface area is 578 Å². The molecule has 45 heteroatoms. The fraction of sp³-hybridized carbons (Fsp3) is 1.00. The summed E-state index contributed by atoms with van der Waals surface area (Å²) in [4.78, 5) is 0. The Morgan fingerprint density at radius 3 is 0.295 bits per heavy atom. The lowest BCUT2D eigenvalue weighted by molar-refractivity contribution is -0.0298. The third kappa shape index (κ3) is 28.0. The van der Waals surface area contributed by atoms with E-state index in [0.717, 1.165) is 0 Å². The van der Waals surface area contributed by atoms with Gasteiger partial charge in [-0.05, 0) is 130 Å². The van der Waals surface area contributed by atoms with E-state index >= 15 is 0 Å².